The number of anilines is 1. The van der Waals surface area contributed by atoms with Gasteiger partial charge < -0.3 is 10.1 Å². The van der Waals surface area contributed by atoms with E-state index in [1.807, 2.05) is 30.3 Å². The molecule has 106 valence electrons. The zero-order chi connectivity index (χ0) is 14.4. The summed E-state index contributed by atoms with van der Waals surface area (Å²) in [5.41, 5.74) is 0.771. The van der Waals surface area contributed by atoms with Gasteiger partial charge in [-0.3, -0.25) is 4.79 Å². The van der Waals surface area contributed by atoms with Crippen molar-refractivity contribution in [1.82, 2.24) is 0 Å². The van der Waals surface area contributed by atoms with Gasteiger partial charge in [0, 0.05) is 23.1 Å². The van der Waals surface area contributed by atoms with Crippen molar-refractivity contribution in [3.8, 4) is 5.75 Å². The summed E-state index contributed by atoms with van der Waals surface area (Å²) < 4.78 is 6.26. The molecule has 0 saturated carbocycles. The number of amides is 1. The van der Waals surface area contributed by atoms with E-state index >= 15 is 0 Å². The maximum atomic E-state index is 11.8. The van der Waals surface area contributed by atoms with Crippen molar-refractivity contribution < 1.29 is 9.53 Å². The number of methoxy groups -OCH3 is 1. The van der Waals surface area contributed by atoms with Gasteiger partial charge in [-0.05, 0) is 53.0 Å². The van der Waals surface area contributed by atoms with Gasteiger partial charge in [-0.2, -0.15) is 0 Å². The third-order valence-corrected chi connectivity index (χ3v) is 4.49. The molecule has 0 radical (unpaired) electrons. The second-order valence-corrected chi connectivity index (χ2v) is 6.89. The van der Waals surface area contributed by atoms with Gasteiger partial charge in [0.2, 0.25) is 5.91 Å². The summed E-state index contributed by atoms with van der Waals surface area (Å²) in [6, 6.07) is 11.5. The van der Waals surface area contributed by atoms with E-state index in [2.05, 4.69) is 27.3 Å². The van der Waals surface area contributed by atoms with E-state index < -0.39 is 0 Å². The Kier molecular flexibility index (Phi) is 5.61. The summed E-state index contributed by atoms with van der Waals surface area (Å²) >= 11 is 5.15. The van der Waals surface area contributed by atoms with Crippen LogP contribution in [0.25, 0.3) is 0 Å². The number of aryl methyl sites for hydroxylation is 1. The number of hydrogen-bond donors (Lipinski definition) is 1. The molecule has 2 rings (SSSR count). The molecule has 0 unspecified atom stereocenters. The molecule has 1 amide bonds. The number of nitrogens with one attached hydrogen (secondary N) is 1. The summed E-state index contributed by atoms with van der Waals surface area (Å²) in [4.78, 5) is 13.1. The molecule has 0 aliphatic heterocycles. The third kappa shape index (κ3) is 4.65. The number of hydrogen-bond acceptors (Lipinski definition) is 3. The highest BCUT2D eigenvalue weighted by molar-refractivity contribution is 9.11. The number of benzene rings is 1. The average Bonchev–Trinajstić information content (AvgIpc) is 2.84. The molecule has 1 N–H and O–H groups in total. The Hall–Kier alpha value is -1.33. The monoisotopic (exact) mass is 353 g/mol. The van der Waals surface area contributed by atoms with E-state index in [0.717, 1.165) is 28.1 Å². The lowest BCUT2D eigenvalue weighted by Gasteiger charge is -2.06. The summed E-state index contributed by atoms with van der Waals surface area (Å²) in [6.07, 6.45) is 2.30. The fourth-order valence-corrected chi connectivity index (χ4v) is 3.36. The number of rotatable bonds is 6. The van der Waals surface area contributed by atoms with Crippen LogP contribution in [0.4, 0.5) is 5.69 Å². The summed E-state index contributed by atoms with van der Waals surface area (Å²) in [5.74, 6) is 0.778. The van der Waals surface area contributed by atoms with E-state index in [0.29, 0.717) is 6.42 Å². The summed E-state index contributed by atoms with van der Waals surface area (Å²) in [5, 5.41) is 2.88. The molecule has 5 heteroatoms. The van der Waals surface area contributed by atoms with Crippen LogP contribution in [-0.4, -0.2) is 13.0 Å². The Morgan fingerprint density at radius 1 is 1.35 bits per heavy atom. The quantitative estimate of drug-likeness (QED) is 0.831. The number of carbonyl (C=O) groups is 1. The minimum atomic E-state index is 0.0360. The first-order valence-corrected chi connectivity index (χ1v) is 7.96. The zero-order valence-electron chi connectivity index (χ0n) is 11.2. The van der Waals surface area contributed by atoms with Gasteiger partial charge in [0.25, 0.3) is 0 Å². The minimum absolute atomic E-state index is 0.0360. The van der Waals surface area contributed by atoms with E-state index in [9.17, 15) is 4.79 Å². The normalized spacial score (nSPS) is 10.3. The molecule has 1 heterocycles. The van der Waals surface area contributed by atoms with Gasteiger partial charge in [0.05, 0.1) is 10.9 Å². The van der Waals surface area contributed by atoms with Crippen molar-refractivity contribution in [3.63, 3.8) is 0 Å². The fourth-order valence-electron chi connectivity index (χ4n) is 1.83. The molecular formula is C15H16BrNO2S. The van der Waals surface area contributed by atoms with E-state index in [1.54, 1.807) is 18.4 Å². The van der Waals surface area contributed by atoms with Crippen molar-refractivity contribution in [2.45, 2.75) is 19.3 Å². The number of ether oxygens (including phenoxy) is 1. The molecule has 3 nitrogen and oxygen atoms in total. The molecule has 20 heavy (non-hydrogen) atoms. The molecule has 0 atom stereocenters. The number of thiophene rings is 1. The molecule has 0 bridgehead atoms. The highest BCUT2D eigenvalue weighted by Crippen LogP contribution is 2.23. The minimum Gasteiger partial charge on any atom is -0.497 e. The maximum absolute atomic E-state index is 11.8. The van der Waals surface area contributed by atoms with Crippen LogP contribution in [-0.2, 0) is 11.2 Å². The van der Waals surface area contributed by atoms with Crippen LogP contribution in [0.3, 0.4) is 0 Å². The van der Waals surface area contributed by atoms with Crippen LogP contribution < -0.4 is 10.1 Å². The van der Waals surface area contributed by atoms with Crippen LogP contribution in [0.15, 0.2) is 40.2 Å². The zero-order valence-corrected chi connectivity index (χ0v) is 13.6. The Bertz CT molecular complexity index is 583. The Labute approximate surface area is 131 Å². The van der Waals surface area contributed by atoms with Gasteiger partial charge in [0.1, 0.15) is 5.75 Å². The van der Waals surface area contributed by atoms with Crippen molar-refractivity contribution >= 4 is 38.9 Å². The molecule has 0 spiro atoms. The third-order valence-electron chi connectivity index (χ3n) is 2.81. The molecule has 1 aromatic heterocycles. The summed E-state index contributed by atoms with van der Waals surface area (Å²) in [6.45, 7) is 0. The van der Waals surface area contributed by atoms with Crippen molar-refractivity contribution in [2.24, 2.45) is 0 Å². The van der Waals surface area contributed by atoms with Crippen LogP contribution in [0.1, 0.15) is 17.7 Å². The lowest BCUT2D eigenvalue weighted by Crippen LogP contribution is -2.11. The first-order valence-electron chi connectivity index (χ1n) is 6.35. The van der Waals surface area contributed by atoms with Gasteiger partial charge in [-0.25, -0.2) is 0 Å². The molecular weight excluding hydrogens is 338 g/mol. The van der Waals surface area contributed by atoms with Crippen LogP contribution in [0.5, 0.6) is 5.75 Å². The number of halogens is 1. The van der Waals surface area contributed by atoms with Gasteiger partial charge in [-0.1, -0.05) is 6.07 Å². The average molecular weight is 354 g/mol. The predicted octanol–water partition coefficient (Wildman–Crippen LogP) is 4.48. The second-order valence-electron chi connectivity index (χ2n) is 4.34. The Balaban J connectivity index is 1.77. The van der Waals surface area contributed by atoms with E-state index in [4.69, 9.17) is 4.74 Å². The molecule has 0 saturated heterocycles. The fraction of sp³-hybridized carbons (Fsp3) is 0.267. The van der Waals surface area contributed by atoms with E-state index in [1.165, 1.54) is 4.88 Å². The smallest absolute Gasteiger partial charge is 0.224 e. The largest absolute Gasteiger partial charge is 0.497 e. The standard InChI is InChI=1S/C15H16BrNO2S/c1-19-12-5-2-4-11(10-12)17-15(18)7-3-6-13-8-9-14(16)20-13/h2,4-5,8-10H,3,6-7H2,1H3,(H,17,18). The summed E-state index contributed by atoms with van der Waals surface area (Å²) in [7, 11) is 1.61. The highest BCUT2D eigenvalue weighted by Gasteiger charge is 2.04. The topological polar surface area (TPSA) is 38.3 Å². The molecule has 0 aliphatic carbocycles. The predicted molar refractivity (Wildman–Crippen MR) is 86.6 cm³/mol. The maximum Gasteiger partial charge on any atom is 0.224 e. The lowest BCUT2D eigenvalue weighted by molar-refractivity contribution is -0.116. The van der Waals surface area contributed by atoms with Gasteiger partial charge >= 0.3 is 0 Å². The van der Waals surface area contributed by atoms with Crippen LogP contribution >= 0.6 is 27.3 Å². The molecule has 0 fully saturated rings. The van der Waals surface area contributed by atoms with Crippen molar-refractivity contribution in [2.75, 3.05) is 12.4 Å². The second kappa shape index (κ2) is 7.45. The number of carbonyl (C=O) groups excluding carboxylic acids is 1. The van der Waals surface area contributed by atoms with Crippen molar-refractivity contribution in [3.05, 3.63) is 45.1 Å². The molecule has 0 aliphatic rings. The molecule has 2 aromatic rings. The Morgan fingerprint density at radius 2 is 2.20 bits per heavy atom. The van der Waals surface area contributed by atoms with E-state index in [-0.39, 0.29) is 5.91 Å². The van der Waals surface area contributed by atoms with Crippen LogP contribution in [0, 0.1) is 0 Å². The first kappa shape index (κ1) is 15.1. The lowest BCUT2D eigenvalue weighted by atomic mass is 10.2. The Morgan fingerprint density at radius 3 is 2.90 bits per heavy atom. The molecule has 1 aromatic carbocycles. The van der Waals surface area contributed by atoms with Gasteiger partial charge in [-0.15, -0.1) is 11.3 Å². The highest BCUT2D eigenvalue weighted by atomic mass is 79.9. The van der Waals surface area contributed by atoms with Crippen molar-refractivity contribution in [1.29, 1.82) is 0 Å². The first-order chi connectivity index (χ1) is 9.67. The van der Waals surface area contributed by atoms with Gasteiger partial charge in [0.15, 0.2) is 0 Å². The van der Waals surface area contributed by atoms with Crippen LogP contribution in [0.2, 0.25) is 0 Å². The SMILES string of the molecule is COc1cccc(NC(=O)CCCc2ccc(Br)s2)c1.